The van der Waals surface area contributed by atoms with Gasteiger partial charge in [-0.25, -0.2) is 4.79 Å². The van der Waals surface area contributed by atoms with E-state index < -0.39 is 0 Å². The number of nitrogens with two attached hydrogens (primary N) is 1. The standard InChI is InChI=1S/C11H13N3O/c1-8-7-14(11(15)13-10(8)12)9-5-3-2-4-6-9/h2-6,8H,7H2,1H3,(H2,12,13,15). The van der Waals surface area contributed by atoms with Gasteiger partial charge in [0.05, 0.1) is 0 Å². The van der Waals surface area contributed by atoms with Gasteiger partial charge in [0, 0.05) is 18.2 Å². The Bertz CT molecular complexity index is 400. The van der Waals surface area contributed by atoms with Crippen LogP contribution in [-0.2, 0) is 0 Å². The molecule has 0 saturated heterocycles. The van der Waals surface area contributed by atoms with Crippen LogP contribution < -0.4 is 10.6 Å². The van der Waals surface area contributed by atoms with Crippen molar-refractivity contribution in [2.75, 3.05) is 11.4 Å². The van der Waals surface area contributed by atoms with Crippen LogP contribution in [0.1, 0.15) is 6.92 Å². The van der Waals surface area contributed by atoms with E-state index in [1.54, 1.807) is 4.90 Å². The van der Waals surface area contributed by atoms with E-state index in [0.29, 0.717) is 12.4 Å². The highest BCUT2D eigenvalue weighted by Crippen LogP contribution is 2.19. The van der Waals surface area contributed by atoms with Gasteiger partial charge in [-0.15, -0.1) is 0 Å². The molecular weight excluding hydrogens is 190 g/mol. The van der Waals surface area contributed by atoms with Crippen LogP contribution >= 0.6 is 0 Å². The van der Waals surface area contributed by atoms with E-state index in [1.807, 2.05) is 37.3 Å². The maximum Gasteiger partial charge on any atom is 0.349 e. The topological polar surface area (TPSA) is 58.7 Å². The number of benzene rings is 1. The summed E-state index contributed by atoms with van der Waals surface area (Å²) in [5, 5.41) is 0. The van der Waals surface area contributed by atoms with Crippen molar-refractivity contribution in [1.29, 1.82) is 0 Å². The van der Waals surface area contributed by atoms with Gasteiger partial charge in [0.1, 0.15) is 5.84 Å². The molecule has 1 atom stereocenters. The zero-order valence-electron chi connectivity index (χ0n) is 8.55. The highest BCUT2D eigenvalue weighted by molar-refractivity contribution is 6.04. The summed E-state index contributed by atoms with van der Waals surface area (Å²) in [6.07, 6.45) is 0. The fraction of sp³-hybridized carbons (Fsp3) is 0.273. The summed E-state index contributed by atoms with van der Waals surface area (Å²) in [4.78, 5) is 17.1. The summed E-state index contributed by atoms with van der Waals surface area (Å²) in [5.41, 5.74) is 6.48. The molecule has 15 heavy (non-hydrogen) atoms. The Morgan fingerprint density at radius 2 is 2.07 bits per heavy atom. The first-order valence-corrected chi connectivity index (χ1v) is 4.89. The van der Waals surface area contributed by atoms with Crippen molar-refractivity contribution in [3.8, 4) is 0 Å². The van der Waals surface area contributed by atoms with Gasteiger partial charge in [0.2, 0.25) is 0 Å². The first-order chi connectivity index (χ1) is 7.18. The molecule has 0 radical (unpaired) electrons. The highest BCUT2D eigenvalue weighted by Gasteiger charge is 2.25. The quantitative estimate of drug-likeness (QED) is 0.754. The van der Waals surface area contributed by atoms with Crippen molar-refractivity contribution < 1.29 is 4.79 Å². The molecule has 1 unspecified atom stereocenters. The smallest absolute Gasteiger partial charge is 0.349 e. The molecule has 4 heteroatoms. The maximum absolute atomic E-state index is 11.6. The van der Waals surface area contributed by atoms with Crippen LogP contribution in [0, 0.1) is 5.92 Å². The van der Waals surface area contributed by atoms with E-state index in [1.165, 1.54) is 0 Å². The fourth-order valence-electron chi connectivity index (χ4n) is 1.55. The summed E-state index contributed by atoms with van der Waals surface area (Å²) >= 11 is 0. The largest absolute Gasteiger partial charge is 0.387 e. The molecule has 78 valence electrons. The van der Waals surface area contributed by atoms with Gasteiger partial charge in [-0.3, -0.25) is 4.90 Å². The minimum atomic E-state index is -0.281. The van der Waals surface area contributed by atoms with Gasteiger partial charge in [-0.05, 0) is 12.1 Å². The zero-order chi connectivity index (χ0) is 10.8. The second kappa shape index (κ2) is 3.73. The predicted molar refractivity (Wildman–Crippen MR) is 60.0 cm³/mol. The fourth-order valence-corrected chi connectivity index (χ4v) is 1.55. The molecule has 0 fully saturated rings. The first-order valence-electron chi connectivity index (χ1n) is 4.89. The number of para-hydroxylation sites is 1. The average Bonchev–Trinajstić information content (AvgIpc) is 2.25. The second-order valence-corrected chi connectivity index (χ2v) is 3.67. The van der Waals surface area contributed by atoms with Crippen LogP contribution in [0.25, 0.3) is 0 Å². The Kier molecular flexibility index (Phi) is 2.41. The van der Waals surface area contributed by atoms with E-state index >= 15 is 0 Å². The Labute approximate surface area is 88.4 Å². The van der Waals surface area contributed by atoms with Crippen molar-refractivity contribution in [3.63, 3.8) is 0 Å². The monoisotopic (exact) mass is 203 g/mol. The molecule has 2 rings (SSSR count). The lowest BCUT2D eigenvalue weighted by Gasteiger charge is -2.28. The van der Waals surface area contributed by atoms with Crippen LogP contribution in [0.3, 0.4) is 0 Å². The number of urea groups is 1. The van der Waals surface area contributed by atoms with Gasteiger partial charge in [0.25, 0.3) is 0 Å². The number of hydrogen-bond donors (Lipinski definition) is 1. The van der Waals surface area contributed by atoms with Crippen molar-refractivity contribution in [1.82, 2.24) is 0 Å². The minimum Gasteiger partial charge on any atom is -0.387 e. The zero-order valence-corrected chi connectivity index (χ0v) is 8.55. The molecule has 0 bridgehead atoms. The summed E-state index contributed by atoms with van der Waals surface area (Å²) in [6.45, 7) is 2.55. The maximum atomic E-state index is 11.6. The molecule has 0 aliphatic carbocycles. The van der Waals surface area contributed by atoms with Crippen LogP contribution in [0.5, 0.6) is 0 Å². The van der Waals surface area contributed by atoms with Crippen LogP contribution in [-0.4, -0.2) is 18.4 Å². The molecule has 1 aromatic rings. The molecule has 1 heterocycles. The number of anilines is 1. The van der Waals surface area contributed by atoms with Gasteiger partial charge in [-0.2, -0.15) is 4.99 Å². The van der Waals surface area contributed by atoms with Gasteiger partial charge in [-0.1, -0.05) is 25.1 Å². The van der Waals surface area contributed by atoms with Gasteiger partial charge in [0.15, 0.2) is 0 Å². The normalized spacial score (nSPS) is 21.4. The Balaban J connectivity index is 2.30. The molecule has 2 amide bonds. The summed E-state index contributed by atoms with van der Waals surface area (Å²) in [6, 6.07) is 9.21. The minimum absolute atomic E-state index is 0.114. The molecule has 2 N–H and O–H groups in total. The molecular formula is C11H13N3O. The number of amidine groups is 1. The van der Waals surface area contributed by atoms with E-state index in [4.69, 9.17) is 5.73 Å². The lowest BCUT2D eigenvalue weighted by atomic mass is 10.1. The number of carbonyl (C=O) groups is 1. The predicted octanol–water partition coefficient (Wildman–Crippen LogP) is 1.62. The first kappa shape index (κ1) is 9.71. The Hall–Kier alpha value is -1.84. The molecule has 4 nitrogen and oxygen atoms in total. The number of hydrogen-bond acceptors (Lipinski definition) is 2. The highest BCUT2D eigenvalue weighted by atomic mass is 16.2. The van der Waals surface area contributed by atoms with Crippen molar-refractivity contribution in [2.24, 2.45) is 16.6 Å². The van der Waals surface area contributed by atoms with Gasteiger partial charge >= 0.3 is 6.03 Å². The SMILES string of the molecule is CC1CN(c2ccccc2)C(=O)N=C1N. The van der Waals surface area contributed by atoms with E-state index in [0.717, 1.165) is 5.69 Å². The third-order valence-electron chi connectivity index (χ3n) is 2.48. The molecule has 0 saturated carbocycles. The van der Waals surface area contributed by atoms with Crippen LogP contribution in [0.15, 0.2) is 35.3 Å². The van der Waals surface area contributed by atoms with Gasteiger partial charge < -0.3 is 5.73 Å². The number of nitrogens with zero attached hydrogens (tertiary/aromatic N) is 2. The van der Waals surface area contributed by atoms with E-state index in [9.17, 15) is 4.79 Å². The molecule has 0 spiro atoms. The molecule has 1 aliphatic heterocycles. The Morgan fingerprint density at radius 3 is 2.73 bits per heavy atom. The molecule has 1 aromatic carbocycles. The average molecular weight is 203 g/mol. The van der Waals surface area contributed by atoms with Crippen molar-refractivity contribution in [3.05, 3.63) is 30.3 Å². The van der Waals surface area contributed by atoms with Crippen molar-refractivity contribution >= 4 is 17.6 Å². The summed E-state index contributed by atoms with van der Waals surface area (Å²) in [5.74, 6) is 0.537. The van der Waals surface area contributed by atoms with Crippen LogP contribution in [0.4, 0.5) is 10.5 Å². The number of aliphatic imine (C=N–C) groups is 1. The molecule has 1 aliphatic rings. The van der Waals surface area contributed by atoms with Crippen LogP contribution in [0.2, 0.25) is 0 Å². The summed E-state index contributed by atoms with van der Waals surface area (Å²) < 4.78 is 0. The number of rotatable bonds is 1. The third-order valence-corrected chi connectivity index (χ3v) is 2.48. The summed E-state index contributed by atoms with van der Waals surface area (Å²) in [7, 11) is 0. The van der Waals surface area contributed by atoms with E-state index in [2.05, 4.69) is 4.99 Å². The lowest BCUT2D eigenvalue weighted by molar-refractivity contribution is 0.252. The van der Waals surface area contributed by atoms with E-state index in [-0.39, 0.29) is 11.9 Å². The Morgan fingerprint density at radius 1 is 1.40 bits per heavy atom. The third kappa shape index (κ3) is 1.83. The molecule has 0 aromatic heterocycles. The van der Waals surface area contributed by atoms with Crippen molar-refractivity contribution in [2.45, 2.75) is 6.92 Å². The second-order valence-electron chi connectivity index (χ2n) is 3.67. The number of amides is 2. The lowest BCUT2D eigenvalue weighted by Crippen LogP contribution is -2.43. The number of carbonyl (C=O) groups excluding carboxylic acids is 1.